The number of nitrogens with zero attached hydrogens (tertiary/aromatic N) is 2. The third kappa shape index (κ3) is 4.94. The molecular formula is C22H21F3N4S. The van der Waals surface area contributed by atoms with Crippen LogP contribution in [0.25, 0.3) is 10.8 Å². The predicted molar refractivity (Wildman–Crippen MR) is 116 cm³/mol. The quantitative estimate of drug-likeness (QED) is 0.623. The van der Waals surface area contributed by atoms with Crippen LogP contribution in [-0.2, 0) is 12.6 Å². The Labute approximate surface area is 176 Å². The molecule has 0 saturated heterocycles. The SMILES string of the molecule is N[C@H](CNC1=NCC(c2ccc3cnccc3c2)S1)Cc1ccc(C(F)(F)F)cc1. The molecule has 1 aliphatic heterocycles. The summed E-state index contributed by atoms with van der Waals surface area (Å²) in [6.07, 6.45) is -0.193. The van der Waals surface area contributed by atoms with Crippen LogP contribution in [0.5, 0.6) is 0 Å². The van der Waals surface area contributed by atoms with Gasteiger partial charge >= 0.3 is 6.18 Å². The van der Waals surface area contributed by atoms with Crippen molar-refractivity contribution in [2.75, 3.05) is 13.1 Å². The lowest BCUT2D eigenvalue weighted by Crippen LogP contribution is -2.37. The van der Waals surface area contributed by atoms with Crippen LogP contribution in [-0.4, -0.2) is 29.3 Å². The van der Waals surface area contributed by atoms with Crippen molar-refractivity contribution in [3.05, 3.63) is 77.6 Å². The van der Waals surface area contributed by atoms with Gasteiger partial charge in [0.05, 0.1) is 17.4 Å². The number of thioether (sulfide) groups is 1. The number of pyridine rings is 1. The minimum absolute atomic E-state index is 0.225. The van der Waals surface area contributed by atoms with Crippen LogP contribution in [0.15, 0.2) is 65.9 Å². The summed E-state index contributed by atoms with van der Waals surface area (Å²) in [4.78, 5) is 8.70. The molecule has 0 radical (unpaired) electrons. The predicted octanol–water partition coefficient (Wildman–Crippen LogP) is 4.56. The fourth-order valence-corrected chi connectivity index (χ4v) is 4.39. The van der Waals surface area contributed by atoms with Crippen LogP contribution in [0.3, 0.4) is 0 Å². The number of nitrogens with two attached hydrogens (primary N) is 1. The van der Waals surface area contributed by atoms with Crippen LogP contribution >= 0.6 is 11.8 Å². The van der Waals surface area contributed by atoms with Gasteiger partial charge < -0.3 is 11.1 Å². The molecular weight excluding hydrogens is 409 g/mol. The minimum Gasteiger partial charge on any atom is -0.363 e. The number of hydrogen-bond acceptors (Lipinski definition) is 5. The van der Waals surface area contributed by atoms with E-state index in [4.69, 9.17) is 5.73 Å². The van der Waals surface area contributed by atoms with E-state index in [0.29, 0.717) is 19.5 Å². The fourth-order valence-electron chi connectivity index (χ4n) is 3.37. The second-order valence-corrected chi connectivity index (χ2v) is 8.47. The van der Waals surface area contributed by atoms with Gasteiger partial charge in [0.25, 0.3) is 0 Å². The van der Waals surface area contributed by atoms with E-state index in [2.05, 4.69) is 33.5 Å². The molecule has 4 nitrogen and oxygen atoms in total. The van der Waals surface area contributed by atoms with Crippen molar-refractivity contribution in [3.8, 4) is 0 Å². The Bertz CT molecular complexity index is 1050. The Morgan fingerprint density at radius 2 is 1.90 bits per heavy atom. The van der Waals surface area contributed by atoms with Gasteiger partial charge in [-0.3, -0.25) is 9.98 Å². The lowest BCUT2D eigenvalue weighted by Gasteiger charge is -2.15. The molecule has 1 aliphatic rings. The summed E-state index contributed by atoms with van der Waals surface area (Å²) in [5, 5.41) is 6.63. The zero-order valence-electron chi connectivity index (χ0n) is 16.1. The molecule has 0 saturated carbocycles. The molecule has 2 aromatic carbocycles. The van der Waals surface area contributed by atoms with Gasteiger partial charge in [0.2, 0.25) is 0 Å². The largest absolute Gasteiger partial charge is 0.416 e. The summed E-state index contributed by atoms with van der Waals surface area (Å²) in [5.41, 5.74) is 7.51. The Morgan fingerprint density at radius 3 is 2.67 bits per heavy atom. The van der Waals surface area contributed by atoms with Crippen LogP contribution in [0.1, 0.15) is 21.9 Å². The highest BCUT2D eigenvalue weighted by Gasteiger charge is 2.30. The summed E-state index contributed by atoms with van der Waals surface area (Å²) in [6, 6.07) is 13.3. The smallest absolute Gasteiger partial charge is 0.363 e. The summed E-state index contributed by atoms with van der Waals surface area (Å²) in [7, 11) is 0. The van der Waals surface area contributed by atoms with Crippen molar-refractivity contribution in [2.45, 2.75) is 23.9 Å². The lowest BCUT2D eigenvalue weighted by atomic mass is 10.0. The molecule has 4 rings (SSSR count). The van der Waals surface area contributed by atoms with E-state index in [9.17, 15) is 13.2 Å². The molecule has 0 aliphatic carbocycles. The second-order valence-electron chi connectivity index (χ2n) is 7.27. The number of aromatic nitrogens is 1. The van der Waals surface area contributed by atoms with Crippen molar-refractivity contribution >= 4 is 27.7 Å². The molecule has 3 N–H and O–H groups in total. The van der Waals surface area contributed by atoms with Crippen LogP contribution in [0, 0.1) is 0 Å². The van der Waals surface area contributed by atoms with Gasteiger partial charge in [-0.25, -0.2) is 0 Å². The van der Waals surface area contributed by atoms with Crippen molar-refractivity contribution in [2.24, 2.45) is 10.7 Å². The summed E-state index contributed by atoms with van der Waals surface area (Å²) in [5.74, 6) is 0. The van der Waals surface area contributed by atoms with Gasteiger partial charge in [0, 0.05) is 30.4 Å². The van der Waals surface area contributed by atoms with Gasteiger partial charge in [-0.1, -0.05) is 36.0 Å². The molecule has 0 bridgehead atoms. The minimum atomic E-state index is -4.32. The zero-order chi connectivity index (χ0) is 21.1. The highest BCUT2D eigenvalue weighted by molar-refractivity contribution is 8.14. The molecule has 1 unspecified atom stereocenters. The third-order valence-corrected chi connectivity index (χ3v) is 6.19. The molecule has 8 heteroatoms. The van der Waals surface area contributed by atoms with Crippen molar-refractivity contribution in [3.63, 3.8) is 0 Å². The van der Waals surface area contributed by atoms with Gasteiger partial charge in [-0.2, -0.15) is 13.2 Å². The van der Waals surface area contributed by atoms with E-state index in [1.165, 1.54) is 17.7 Å². The summed E-state index contributed by atoms with van der Waals surface area (Å²) >= 11 is 1.67. The molecule has 30 heavy (non-hydrogen) atoms. The Kier molecular flexibility index (Phi) is 5.97. The number of halogens is 3. The van der Waals surface area contributed by atoms with Gasteiger partial charge in [0.15, 0.2) is 5.17 Å². The van der Waals surface area contributed by atoms with E-state index in [1.54, 1.807) is 18.0 Å². The summed E-state index contributed by atoms with van der Waals surface area (Å²) < 4.78 is 38.0. The number of benzene rings is 2. The maximum Gasteiger partial charge on any atom is 0.416 e. The second kappa shape index (κ2) is 8.65. The number of rotatable bonds is 5. The first-order valence-corrected chi connectivity index (χ1v) is 10.5. The lowest BCUT2D eigenvalue weighted by molar-refractivity contribution is -0.137. The van der Waals surface area contributed by atoms with Crippen LogP contribution in [0.2, 0.25) is 0 Å². The first-order valence-electron chi connectivity index (χ1n) is 9.59. The fraction of sp³-hybridized carbons (Fsp3) is 0.273. The highest BCUT2D eigenvalue weighted by Crippen LogP contribution is 2.35. The maximum atomic E-state index is 12.7. The van der Waals surface area contributed by atoms with E-state index in [-0.39, 0.29) is 11.3 Å². The molecule has 3 aromatic rings. The molecule has 2 heterocycles. The van der Waals surface area contributed by atoms with Crippen molar-refractivity contribution in [1.29, 1.82) is 0 Å². The number of aliphatic imine (C=N–C) groups is 1. The Hall–Kier alpha value is -2.58. The van der Waals surface area contributed by atoms with Crippen molar-refractivity contribution < 1.29 is 13.2 Å². The normalized spacial score (nSPS) is 17.7. The van der Waals surface area contributed by atoms with E-state index >= 15 is 0 Å². The molecule has 1 aromatic heterocycles. The summed E-state index contributed by atoms with van der Waals surface area (Å²) in [6.45, 7) is 1.20. The topological polar surface area (TPSA) is 63.3 Å². The molecule has 0 amide bonds. The van der Waals surface area contributed by atoms with E-state index in [1.807, 2.05) is 12.3 Å². The van der Waals surface area contributed by atoms with Crippen molar-refractivity contribution in [1.82, 2.24) is 10.3 Å². The Morgan fingerprint density at radius 1 is 1.10 bits per heavy atom. The van der Waals surface area contributed by atoms with Gasteiger partial charge in [-0.05, 0) is 47.2 Å². The molecule has 156 valence electrons. The number of nitrogens with one attached hydrogen (secondary N) is 1. The first kappa shape index (κ1) is 20.7. The highest BCUT2D eigenvalue weighted by atomic mass is 32.2. The molecule has 0 spiro atoms. The number of amidine groups is 1. The van der Waals surface area contributed by atoms with Crippen LogP contribution in [0.4, 0.5) is 13.2 Å². The maximum absolute atomic E-state index is 12.7. The number of alkyl halides is 3. The monoisotopic (exact) mass is 430 g/mol. The van der Waals surface area contributed by atoms with E-state index < -0.39 is 11.7 Å². The first-order chi connectivity index (χ1) is 14.4. The average molecular weight is 430 g/mol. The van der Waals surface area contributed by atoms with Gasteiger partial charge in [0.1, 0.15) is 0 Å². The third-order valence-electron chi connectivity index (χ3n) is 4.99. The molecule has 2 atom stereocenters. The van der Waals surface area contributed by atoms with Crippen LogP contribution < -0.4 is 11.1 Å². The molecule has 0 fully saturated rings. The Balaban J connectivity index is 1.28. The zero-order valence-corrected chi connectivity index (χ0v) is 16.9. The standard InChI is InChI=1S/C22H21F3N4S/c23-22(24,25)18-5-1-14(2-6-18)9-19(26)12-28-21-29-13-20(30-21)16-3-4-17-11-27-8-7-15(17)10-16/h1-8,10-11,19-20H,9,12-13,26H2,(H,28,29)/t19-,20?/m0/s1. The number of fused-ring (bicyclic) bond motifs is 1. The average Bonchev–Trinajstić information content (AvgIpc) is 3.21. The van der Waals surface area contributed by atoms with Gasteiger partial charge in [-0.15, -0.1) is 0 Å². The van der Waals surface area contributed by atoms with E-state index in [0.717, 1.165) is 33.6 Å². The number of hydrogen-bond donors (Lipinski definition) is 2.